The molecule has 0 aliphatic rings. The number of rotatable bonds is 1. The summed E-state index contributed by atoms with van der Waals surface area (Å²) in [4.78, 5) is 10.8. The fourth-order valence-corrected chi connectivity index (χ4v) is 1.06. The summed E-state index contributed by atoms with van der Waals surface area (Å²) in [6, 6.07) is 4.83. The molecule has 4 nitrogen and oxygen atoms in total. The van der Waals surface area contributed by atoms with Gasteiger partial charge in [0.25, 0.3) is 0 Å². The number of carbonyl (C=O) groups excluding carboxylic acids is 1. The first-order valence-electron chi connectivity index (χ1n) is 3.67. The average Bonchev–Trinajstić information content (AvgIpc) is 2.11. The van der Waals surface area contributed by atoms with Crippen molar-refractivity contribution >= 4 is 23.3 Å². The third-order valence-corrected chi connectivity index (χ3v) is 1.83. The van der Waals surface area contributed by atoms with Gasteiger partial charge in [-0.3, -0.25) is 5.43 Å². The maximum atomic E-state index is 10.8. The Labute approximate surface area is 81.0 Å². The number of hydrazine groups is 1. The van der Waals surface area contributed by atoms with Gasteiger partial charge in [-0.15, -0.1) is 0 Å². The number of halogens is 1. The minimum absolute atomic E-state index is 0.481. The molecular weight excluding hydrogens is 190 g/mol. The molecule has 4 N–H and O–H groups in total. The van der Waals surface area contributed by atoms with E-state index in [1.165, 1.54) is 0 Å². The van der Waals surface area contributed by atoms with Gasteiger partial charge in [0.05, 0.1) is 10.7 Å². The van der Waals surface area contributed by atoms with Crippen LogP contribution in [-0.2, 0) is 0 Å². The highest BCUT2D eigenvalue weighted by Crippen LogP contribution is 2.22. The summed E-state index contributed by atoms with van der Waals surface area (Å²) < 4.78 is 0. The van der Waals surface area contributed by atoms with E-state index < -0.39 is 6.03 Å². The largest absolute Gasteiger partial charge is 0.333 e. The molecule has 5 heteroatoms. The van der Waals surface area contributed by atoms with Gasteiger partial charge in [0.1, 0.15) is 0 Å². The van der Waals surface area contributed by atoms with Gasteiger partial charge in [-0.2, -0.15) is 0 Å². The Bertz CT molecular complexity index is 327. The lowest BCUT2D eigenvalue weighted by Crippen LogP contribution is -2.34. The number of nitrogens with two attached hydrogens (primary N) is 1. The zero-order valence-electron chi connectivity index (χ0n) is 7.10. The first-order valence-corrected chi connectivity index (χ1v) is 4.05. The topological polar surface area (TPSA) is 67.2 Å². The molecule has 13 heavy (non-hydrogen) atoms. The van der Waals surface area contributed by atoms with Crippen LogP contribution in [0.1, 0.15) is 5.56 Å². The van der Waals surface area contributed by atoms with Gasteiger partial charge >= 0.3 is 6.03 Å². The summed E-state index contributed by atoms with van der Waals surface area (Å²) in [5.41, 5.74) is 3.51. The smallest absolute Gasteiger partial charge is 0.305 e. The fraction of sp³-hybridized carbons (Fsp3) is 0.125. The van der Waals surface area contributed by atoms with Crippen LogP contribution >= 0.6 is 11.6 Å². The van der Waals surface area contributed by atoms with E-state index in [2.05, 4.69) is 5.32 Å². The van der Waals surface area contributed by atoms with Gasteiger partial charge in [-0.05, 0) is 24.6 Å². The van der Waals surface area contributed by atoms with Crippen molar-refractivity contribution in [2.45, 2.75) is 6.92 Å². The summed E-state index contributed by atoms with van der Waals surface area (Å²) in [6.07, 6.45) is 0. The van der Waals surface area contributed by atoms with Crippen molar-refractivity contribution in [3.05, 3.63) is 28.8 Å². The number of aryl methyl sites for hydroxylation is 1. The second-order valence-corrected chi connectivity index (χ2v) is 2.99. The molecule has 0 radical (unpaired) electrons. The molecule has 0 atom stereocenters. The minimum atomic E-state index is -0.493. The summed E-state index contributed by atoms with van der Waals surface area (Å²) >= 11 is 5.81. The van der Waals surface area contributed by atoms with Crippen molar-refractivity contribution < 1.29 is 4.79 Å². The highest BCUT2D eigenvalue weighted by molar-refractivity contribution is 6.33. The highest BCUT2D eigenvalue weighted by atomic mass is 35.5. The van der Waals surface area contributed by atoms with Crippen molar-refractivity contribution in [3.63, 3.8) is 0 Å². The fourth-order valence-electron chi connectivity index (χ4n) is 0.893. The molecule has 1 rings (SSSR count). The number of urea groups is 1. The van der Waals surface area contributed by atoms with Crippen molar-refractivity contribution in [1.29, 1.82) is 0 Å². The molecule has 2 amide bonds. The number of amides is 2. The second kappa shape index (κ2) is 4.11. The van der Waals surface area contributed by atoms with Crippen LogP contribution in [0.2, 0.25) is 5.02 Å². The Balaban J connectivity index is 2.87. The van der Waals surface area contributed by atoms with Crippen molar-refractivity contribution in [3.8, 4) is 0 Å². The van der Waals surface area contributed by atoms with Crippen LogP contribution in [0.4, 0.5) is 10.5 Å². The summed E-state index contributed by atoms with van der Waals surface area (Å²) in [6.45, 7) is 1.90. The van der Waals surface area contributed by atoms with Gasteiger partial charge in [0.2, 0.25) is 0 Å². The number of anilines is 1. The lowest BCUT2D eigenvalue weighted by Gasteiger charge is -2.06. The van der Waals surface area contributed by atoms with E-state index in [-0.39, 0.29) is 0 Å². The van der Waals surface area contributed by atoms with E-state index in [0.29, 0.717) is 10.7 Å². The van der Waals surface area contributed by atoms with Crippen molar-refractivity contribution in [1.82, 2.24) is 5.43 Å². The summed E-state index contributed by atoms with van der Waals surface area (Å²) in [5.74, 6) is 4.90. The third-order valence-electron chi connectivity index (χ3n) is 1.50. The number of carbonyl (C=O) groups is 1. The Morgan fingerprint density at radius 2 is 2.23 bits per heavy atom. The van der Waals surface area contributed by atoms with Crippen LogP contribution in [-0.4, -0.2) is 6.03 Å². The zero-order chi connectivity index (χ0) is 9.84. The molecule has 0 aliphatic carbocycles. The molecule has 1 aromatic carbocycles. The Morgan fingerprint density at radius 3 is 2.85 bits per heavy atom. The number of hydrogen-bond donors (Lipinski definition) is 3. The van der Waals surface area contributed by atoms with Gasteiger partial charge in [-0.1, -0.05) is 17.7 Å². The van der Waals surface area contributed by atoms with Crippen molar-refractivity contribution in [2.75, 3.05) is 5.32 Å². The molecule has 0 aromatic heterocycles. The minimum Gasteiger partial charge on any atom is -0.305 e. The predicted molar refractivity (Wildman–Crippen MR) is 52.5 cm³/mol. The van der Waals surface area contributed by atoms with Crippen LogP contribution in [0.25, 0.3) is 0 Å². The highest BCUT2D eigenvalue weighted by Gasteiger charge is 2.03. The monoisotopic (exact) mass is 199 g/mol. The van der Waals surface area contributed by atoms with E-state index in [9.17, 15) is 4.79 Å². The van der Waals surface area contributed by atoms with E-state index >= 15 is 0 Å². The average molecular weight is 200 g/mol. The van der Waals surface area contributed by atoms with Crippen LogP contribution in [0.3, 0.4) is 0 Å². The Morgan fingerprint density at radius 1 is 1.54 bits per heavy atom. The van der Waals surface area contributed by atoms with Crippen LogP contribution < -0.4 is 16.6 Å². The van der Waals surface area contributed by atoms with E-state index in [1.54, 1.807) is 12.1 Å². The molecule has 0 saturated heterocycles. The molecule has 0 heterocycles. The Kier molecular flexibility index (Phi) is 3.11. The molecule has 0 fully saturated rings. The number of nitrogens with one attached hydrogen (secondary N) is 2. The van der Waals surface area contributed by atoms with Gasteiger partial charge in [-0.25, -0.2) is 10.6 Å². The first-order chi connectivity index (χ1) is 6.13. The molecule has 1 aromatic rings. The van der Waals surface area contributed by atoms with Gasteiger partial charge < -0.3 is 5.32 Å². The quantitative estimate of drug-likeness (QED) is 0.366. The first kappa shape index (κ1) is 9.83. The predicted octanol–water partition coefficient (Wildman–Crippen LogP) is 1.64. The standard InChI is InChI=1S/C8H10ClN3O/c1-5-2-3-6(9)7(4-5)11-8(13)12-10/h2-4H,10H2,1H3,(H2,11,12,13). The zero-order valence-corrected chi connectivity index (χ0v) is 7.85. The number of hydrogen-bond acceptors (Lipinski definition) is 2. The molecule has 70 valence electrons. The van der Waals surface area contributed by atoms with Crippen LogP contribution in [0.15, 0.2) is 18.2 Å². The summed E-state index contributed by atoms with van der Waals surface area (Å²) in [7, 11) is 0. The van der Waals surface area contributed by atoms with Crippen molar-refractivity contribution in [2.24, 2.45) is 5.84 Å². The molecular formula is C8H10ClN3O. The third kappa shape index (κ3) is 2.61. The van der Waals surface area contributed by atoms with Gasteiger partial charge in [0.15, 0.2) is 0 Å². The Hall–Kier alpha value is -1.26. The van der Waals surface area contributed by atoms with Crippen LogP contribution in [0, 0.1) is 6.92 Å². The maximum Gasteiger partial charge on any atom is 0.333 e. The summed E-state index contributed by atoms with van der Waals surface area (Å²) in [5, 5.41) is 2.97. The lowest BCUT2D eigenvalue weighted by molar-refractivity contribution is 0.252. The van der Waals surface area contributed by atoms with E-state index in [4.69, 9.17) is 17.4 Å². The second-order valence-electron chi connectivity index (χ2n) is 2.58. The van der Waals surface area contributed by atoms with E-state index in [1.807, 2.05) is 18.4 Å². The molecule has 0 bridgehead atoms. The molecule has 0 saturated carbocycles. The normalized spacial score (nSPS) is 9.46. The lowest BCUT2D eigenvalue weighted by atomic mass is 10.2. The van der Waals surface area contributed by atoms with Gasteiger partial charge in [0, 0.05) is 0 Å². The maximum absolute atomic E-state index is 10.8. The molecule has 0 unspecified atom stereocenters. The van der Waals surface area contributed by atoms with Crippen LogP contribution in [0.5, 0.6) is 0 Å². The molecule has 0 aliphatic heterocycles. The molecule has 0 spiro atoms. The number of benzene rings is 1. The van der Waals surface area contributed by atoms with E-state index in [0.717, 1.165) is 5.56 Å². The SMILES string of the molecule is Cc1ccc(Cl)c(NC(=O)NN)c1.